The maximum Gasteiger partial charge on any atom is 0.232 e. The van der Waals surface area contributed by atoms with Crippen molar-refractivity contribution in [1.29, 1.82) is 0 Å². The maximum absolute atomic E-state index is 13.1. The molecule has 7 heteroatoms. The molecule has 0 fully saturated rings. The highest BCUT2D eigenvalue weighted by molar-refractivity contribution is 7.98. The van der Waals surface area contributed by atoms with Gasteiger partial charge in [0.2, 0.25) is 5.95 Å². The Morgan fingerprint density at radius 2 is 1.91 bits per heavy atom. The number of pyridine rings is 1. The first-order chi connectivity index (χ1) is 11.3. The normalized spacial score (nSPS) is 13.3. The Balaban J connectivity index is 1.53. The summed E-state index contributed by atoms with van der Waals surface area (Å²) in [7, 11) is 0. The highest BCUT2D eigenvalue weighted by Crippen LogP contribution is 2.32. The molecule has 5 nitrogen and oxygen atoms in total. The third kappa shape index (κ3) is 2.79. The van der Waals surface area contributed by atoms with Crippen LogP contribution in [0.15, 0.2) is 53.8 Å². The van der Waals surface area contributed by atoms with Crippen LogP contribution < -0.4 is 4.90 Å². The molecule has 2 aromatic heterocycles. The minimum atomic E-state index is -0.235. The molecule has 0 unspecified atom stereocenters. The SMILES string of the molecule is Fc1ccc(N2CCn3c(SCc4ccccn4)nnc32)cc1. The smallest absolute Gasteiger partial charge is 0.232 e. The Bertz CT molecular complexity index is 803. The van der Waals surface area contributed by atoms with Gasteiger partial charge < -0.3 is 4.90 Å². The molecule has 0 amide bonds. The Morgan fingerprint density at radius 3 is 2.70 bits per heavy atom. The number of thioether (sulfide) groups is 1. The minimum Gasteiger partial charge on any atom is -0.309 e. The predicted molar refractivity (Wildman–Crippen MR) is 87.2 cm³/mol. The van der Waals surface area contributed by atoms with Gasteiger partial charge in [-0.3, -0.25) is 9.55 Å². The van der Waals surface area contributed by atoms with E-state index in [0.717, 1.165) is 41.3 Å². The monoisotopic (exact) mass is 327 g/mol. The lowest BCUT2D eigenvalue weighted by molar-refractivity contribution is 0.627. The van der Waals surface area contributed by atoms with E-state index in [1.165, 1.54) is 12.1 Å². The number of hydrogen-bond acceptors (Lipinski definition) is 5. The molecule has 0 bridgehead atoms. The van der Waals surface area contributed by atoms with Gasteiger partial charge in [-0.25, -0.2) is 4.39 Å². The van der Waals surface area contributed by atoms with E-state index in [4.69, 9.17) is 0 Å². The third-order valence-corrected chi connectivity index (χ3v) is 4.70. The molecule has 1 aromatic carbocycles. The van der Waals surface area contributed by atoms with E-state index in [9.17, 15) is 4.39 Å². The standard InChI is InChI=1S/C16H14FN5S/c17-12-4-6-14(7-5-12)21-9-10-22-15(21)19-20-16(22)23-11-13-3-1-2-8-18-13/h1-8H,9-11H2. The molecule has 3 heterocycles. The number of halogens is 1. The molecule has 0 aliphatic carbocycles. The second-order valence-corrected chi connectivity index (χ2v) is 6.11. The summed E-state index contributed by atoms with van der Waals surface area (Å²) in [6.45, 7) is 1.64. The summed E-state index contributed by atoms with van der Waals surface area (Å²) in [5.74, 6) is 1.33. The lowest BCUT2D eigenvalue weighted by Gasteiger charge is -2.14. The van der Waals surface area contributed by atoms with Crippen molar-refractivity contribution in [2.24, 2.45) is 0 Å². The van der Waals surface area contributed by atoms with Crippen LogP contribution in [-0.2, 0) is 12.3 Å². The van der Waals surface area contributed by atoms with Gasteiger partial charge >= 0.3 is 0 Å². The number of nitrogens with zero attached hydrogens (tertiary/aromatic N) is 5. The van der Waals surface area contributed by atoms with E-state index >= 15 is 0 Å². The number of aromatic nitrogens is 4. The molecule has 23 heavy (non-hydrogen) atoms. The zero-order valence-corrected chi connectivity index (χ0v) is 13.1. The van der Waals surface area contributed by atoms with Gasteiger partial charge in [-0.2, -0.15) is 0 Å². The maximum atomic E-state index is 13.1. The second kappa shape index (κ2) is 6.00. The summed E-state index contributed by atoms with van der Waals surface area (Å²) >= 11 is 1.63. The van der Waals surface area contributed by atoms with E-state index in [-0.39, 0.29) is 5.82 Å². The van der Waals surface area contributed by atoms with Crippen LogP contribution in [0.25, 0.3) is 0 Å². The van der Waals surface area contributed by atoms with Crippen LogP contribution in [0.3, 0.4) is 0 Å². The summed E-state index contributed by atoms with van der Waals surface area (Å²) < 4.78 is 15.2. The minimum absolute atomic E-state index is 0.235. The van der Waals surface area contributed by atoms with Crippen LogP contribution in [0.1, 0.15) is 5.69 Å². The summed E-state index contributed by atoms with van der Waals surface area (Å²) in [5, 5.41) is 9.46. The Kier molecular flexibility index (Phi) is 3.70. The molecular formula is C16H14FN5S. The van der Waals surface area contributed by atoms with E-state index in [1.54, 1.807) is 30.1 Å². The van der Waals surface area contributed by atoms with Gasteiger partial charge in [-0.05, 0) is 36.4 Å². The first kappa shape index (κ1) is 14.2. The Hall–Kier alpha value is -2.41. The fraction of sp³-hybridized carbons (Fsp3) is 0.188. The molecule has 1 aliphatic heterocycles. The van der Waals surface area contributed by atoms with E-state index in [0.29, 0.717) is 0 Å². The molecule has 0 saturated heterocycles. The van der Waals surface area contributed by atoms with Crippen LogP contribution in [0, 0.1) is 5.82 Å². The average molecular weight is 327 g/mol. The zero-order chi connectivity index (χ0) is 15.6. The van der Waals surface area contributed by atoms with Gasteiger partial charge in [0.15, 0.2) is 5.16 Å². The molecule has 0 N–H and O–H groups in total. The van der Waals surface area contributed by atoms with Crippen molar-refractivity contribution < 1.29 is 4.39 Å². The van der Waals surface area contributed by atoms with Crippen LogP contribution in [0.4, 0.5) is 16.0 Å². The fourth-order valence-corrected chi connectivity index (χ4v) is 3.45. The Morgan fingerprint density at radius 1 is 1.04 bits per heavy atom. The molecular weight excluding hydrogens is 313 g/mol. The first-order valence-corrected chi connectivity index (χ1v) is 8.29. The Labute approximate surface area is 137 Å². The fourth-order valence-electron chi connectivity index (χ4n) is 2.57. The van der Waals surface area contributed by atoms with Gasteiger partial charge in [-0.15, -0.1) is 10.2 Å². The van der Waals surface area contributed by atoms with Gasteiger partial charge in [-0.1, -0.05) is 17.8 Å². The molecule has 3 aromatic rings. The van der Waals surface area contributed by atoms with Crippen molar-refractivity contribution in [3.8, 4) is 0 Å². The van der Waals surface area contributed by atoms with Crippen molar-refractivity contribution in [3.05, 3.63) is 60.2 Å². The quantitative estimate of drug-likeness (QED) is 0.688. The molecule has 4 rings (SSSR count). The van der Waals surface area contributed by atoms with Crippen molar-refractivity contribution in [3.63, 3.8) is 0 Å². The third-order valence-electron chi connectivity index (χ3n) is 3.70. The van der Waals surface area contributed by atoms with Crippen LogP contribution in [-0.4, -0.2) is 26.3 Å². The number of rotatable bonds is 4. The first-order valence-electron chi connectivity index (χ1n) is 7.30. The van der Waals surface area contributed by atoms with Crippen LogP contribution in [0.2, 0.25) is 0 Å². The summed E-state index contributed by atoms with van der Waals surface area (Å²) in [5.41, 5.74) is 1.95. The number of anilines is 2. The zero-order valence-electron chi connectivity index (χ0n) is 12.3. The second-order valence-electron chi connectivity index (χ2n) is 5.17. The van der Waals surface area contributed by atoms with Crippen molar-refractivity contribution in [2.45, 2.75) is 17.5 Å². The van der Waals surface area contributed by atoms with Gasteiger partial charge in [0.05, 0.1) is 5.69 Å². The predicted octanol–water partition coefficient (Wildman–Crippen LogP) is 3.26. The topological polar surface area (TPSA) is 46.8 Å². The number of benzene rings is 1. The van der Waals surface area contributed by atoms with Crippen molar-refractivity contribution in [2.75, 3.05) is 11.4 Å². The van der Waals surface area contributed by atoms with Gasteiger partial charge in [0, 0.05) is 30.7 Å². The van der Waals surface area contributed by atoms with Crippen LogP contribution in [0.5, 0.6) is 0 Å². The van der Waals surface area contributed by atoms with Crippen molar-refractivity contribution in [1.82, 2.24) is 19.7 Å². The molecule has 116 valence electrons. The molecule has 0 saturated carbocycles. The molecule has 0 spiro atoms. The van der Waals surface area contributed by atoms with E-state index in [2.05, 4.69) is 24.6 Å². The molecule has 0 atom stereocenters. The number of hydrogen-bond donors (Lipinski definition) is 0. The highest BCUT2D eigenvalue weighted by atomic mass is 32.2. The van der Waals surface area contributed by atoms with E-state index in [1.807, 2.05) is 18.2 Å². The van der Waals surface area contributed by atoms with Gasteiger partial charge in [0.1, 0.15) is 5.82 Å². The highest BCUT2D eigenvalue weighted by Gasteiger charge is 2.26. The number of fused-ring (bicyclic) bond motifs is 1. The largest absolute Gasteiger partial charge is 0.309 e. The summed E-state index contributed by atoms with van der Waals surface area (Å²) in [6, 6.07) is 12.3. The lowest BCUT2D eigenvalue weighted by Crippen LogP contribution is -2.14. The van der Waals surface area contributed by atoms with Gasteiger partial charge in [0.25, 0.3) is 0 Å². The lowest BCUT2D eigenvalue weighted by atomic mass is 10.3. The van der Waals surface area contributed by atoms with Crippen LogP contribution >= 0.6 is 11.8 Å². The summed E-state index contributed by atoms with van der Waals surface area (Å²) in [4.78, 5) is 6.37. The average Bonchev–Trinajstić information content (AvgIpc) is 3.17. The molecule has 1 aliphatic rings. The molecule has 0 radical (unpaired) electrons. The van der Waals surface area contributed by atoms with Crippen molar-refractivity contribution >= 4 is 23.4 Å². The van der Waals surface area contributed by atoms with E-state index < -0.39 is 0 Å². The summed E-state index contributed by atoms with van der Waals surface area (Å²) in [6.07, 6.45) is 1.79.